The second-order valence-corrected chi connectivity index (χ2v) is 11.5. The minimum absolute atomic E-state index is 0.0133. The number of rotatable bonds is 10. The summed E-state index contributed by atoms with van der Waals surface area (Å²) in [6, 6.07) is 6.43. The molecular weight excluding hydrogens is 580 g/mol. The summed E-state index contributed by atoms with van der Waals surface area (Å²) in [5.74, 6) is -1.03. The second-order valence-electron chi connectivity index (χ2n) is 7.56. The Labute approximate surface area is 230 Å². The number of carbonyl (C=O) groups excluding carboxylic acids is 2. The van der Waals surface area contributed by atoms with Gasteiger partial charge in [-0.25, -0.2) is 8.42 Å². The highest BCUT2D eigenvalue weighted by atomic mass is 35.5. The molecule has 0 unspecified atom stereocenters. The van der Waals surface area contributed by atoms with Crippen LogP contribution in [0.2, 0.25) is 25.1 Å². The molecular formula is C22H24Cl5N3O4S. The molecule has 13 heteroatoms. The standard InChI is InChI=1S/C22H24Cl5N3O4S/c1-4-19(22(32)28-5-2)29(11-13-6-7-14(23)8-15(13)24)21(31)12-30(35(3,33)34)20-10-17(26)16(25)9-18(20)27/h6-10,19H,4-5,11-12H2,1-3H3,(H,28,32)/t19-/m1/s1. The molecule has 0 spiro atoms. The molecule has 0 fully saturated rings. The number of hydrogen-bond donors (Lipinski definition) is 1. The highest BCUT2D eigenvalue weighted by Gasteiger charge is 2.32. The minimum Gasteiger partial charge on any atom is -0.355 e. The van der Waals surface area contributed by atoms with Crippen molar-refractivity contribution >= 4 is 85.5 Å². The van der Waals surface area contributed by atoms with Gasteiger partial charge < -0.3 is 10.2 Å². The largest absolute Gasteiger partial charge is 0.355 e. The van der Waals surface area contributed by atoms with Gasteiger partial charge in [-0.3, -0.25) is 13.9 Å². The van der Waals surface area contributed by atoms with Gasteiger partial charge in [0.05, 0.1) is 27.0 Å². The number of hydrogen-bond acceptors (Lipinski definition) is 4. The van der Waals surface area contributed by atoms with Gasteiger partial charge in [0.2, 0.25) is 21.8 Å². The molecule has 2 aromatic carbocycles. The number of sulfonamides is 1. The summed E-state index contributed by atoms with van der Waals surface area (Å²) < 4.78 is 26.2. The molecule has 2 amide bonds. The first kappa shape index (κ1) is 29.8. The van der Waals surface area contributed by atoms with Crippen molar-refractivity contribution in [3.63, 3.8) is 0 Å². The molecule has 0 radical (unpaired) electrons. The predicted molar refractivity (Wildman–Crippen MR) is 143 cm³/mol. The maximum atomic E-state index is 13.6. The number of nitrogens with zero attached hydrogens (tertiary/aromatic N) is 2. The SMILES string of the molecule is CCNC(=O)[C@@H](CC)N(Cc1ccc(Cl)cc1Cl)C(=O)CN(c1cc(Cl)c(Cl)cc1Cl)S(C)(=O)=O. The zero-order chi connectivity index (χ0) is 26.5. The van der Waals surface area contributed by atoms with Crippen molar-refractivity contribution in [2.45, 2.75) is 32.9 Å². The molecule has 0 aliphatic heterocycles. The Balaban J connectivity index is 2.53. The van der Waals surface area contributed by atoms with Gasteiger partial charge in [-0.15, -0.1) is 0 Å². The van der Waals surface area contributed by atoms with Crippen LogP contribution in [-0.2, 0) is 26.2 Å². The van der Waals surface area contributed by atoms with Crippen LogP contribution in [0.15, 0.2) is 30.3 Å². The van der Waals surface area contributed by atoms with Crippen LogP contribution in [0.5, 0.6) is 0 Å². The molecule has 1 N–H and O–H groups in total. The van der Waals surface area contributed by atoms with E-state index in [1.54, 1.807) is 26.0 Å². The minimum atomic E-state index is -3.99. The van der Waals surface area contributed by atoms with E-state index in [1.807, 2.05) is 0 Å². The lowest BCUT2D eigenvalue weighted by atomic mass is 10.1. The lowest BCUT2D eigenvalue weighted by molar-refractivity contribution is -0.140. The lowest BCUT2D eigenvalue weighted by Crippen LogP contribution is -2.52. The maximum absolute atomic E-state index is 13.6. The van der Waals surface area contributed by atoms with E-state index in [2.05, 4.69) is 5.32 Å². The smallest absolute Gasteiger partial charge is 0.244 e. The highest BCUT2D eigenvalue weighted by Crippen LogP contribution is 2.36. The topological polar surface area (TPSA) is 86.8 Å². The number of benzene rings is 2. The third-order valence-corrected chi connectivity index (χ3v) is 7.77. The van der Waals surface area contributed by atoms with Gasteiger partial charge in [-0.2, -0.15) is 0 Å². The van der Waals surface area contributed by atoms with Gasteiger partial charge in [0, 0.05) is 23.1 Å². The Hall–Kier alpha value is -1.42. The van der Waals surface area contributed by atoms with Crippen molar-refractivity contribution in [3.8, 4) is 0 Å². The lowest BCUT2D eigenvalue weighted by Gasteiger charge is -2.33. The van der Waals surface area contributed by atoms with Crippen molar-refractivity contribution in [2.24, 2.45) is 0 Å². The van der Waals surface area contributed by atoms with Crippen LogP contribution in [0.3, 0.4) is 0 Å². The Bertz CT molecular complexity index is 1210. The Kier molecular flexibility index (Phi) is 10.8. The van der Waals surface area contributed by atoms with Crippen molar-refractivity contribution in [3.05, 3.63) is 61.0 Å². The average molecular weight is 604 g/mol. The van der Waals surface area contributed by atoms with E-state index in [1.165, 1.54) is 23.1 Å². The first-order valence-corrected chi connectivity index (χ1v) is 14.2. The van der Waals surface area contributed by atoms with Crippen LogP contribution >= 0.6 is 58.0 Å². The quantitative estimate of drug-likeness (QED) is 0.355. The van der Waals surface area contributed by atoms with Gasteiger partial charge in [0.15, 0.2) is 0 Å². The molecule has 0 bridgehead atoms. The second kappa shape index (κ2) is 12.7. The summed E-state index contributed by atoms with van der Waals surface area (Å²) in [6.07, 6.45) is 1.20. The number of likely N-dealkylation sites (N-methyl/N-ethyl adjacent to an activating group) is 1. The Morgan fingerprint density at radius 1 is 0.943 bits per heavy atom. The number of nitrogens with one attached hydrogen (secondary N) is 1. The monoisotopic (exact) mass is 601 g/mol. The summed E-state index contributed by atoms with van der Waals surface area (Å²) in [6.45, 7) is 3.15. The fourth-order valence-corrected chi connectivity index (χ4v) is 5.36. The van der Waals surface area contributed by atoms with Crippen LogP contribution in [0.1, 0.15) is 25.8 Å². The van der Waals surface area contributed by atoms with E-state index in [9.17, 15) is 18.0 Å². The van der Waals surface area contributed by atoms with Gasteiger partial charge in [-0.1, -0.05) is 71.0 Å². The van der Waals surface area contributed by atoms with Gasteiger partial charge in [0.1, 0.15) is 12.6 Å². The molecule has 7 nitrogen and oxygen atoms in total. The van der Waals surface area contributed by atoms with E-state index >= 15 is 0 Å². The molecule has 2 rings (SSSR count). The summed E-state index contributed by atoms with van der Waals surface area (Å²) >= 11 is 30.6. The zero-order valence-electron chi connectivity index (χ0n) is 19.1. The fraction of sp³-hybridized carbons (Fsp3) is 0.364. The number of carbonyl (C=O) groups is 2. The van der Waals surface area contributed by atoms with Crippen LogP contribution in [0.4, 0.5) is 5.69 Å². The molecule has 1 atom stereocenters. The normalized spacial score (nSPS) is 12.2. The molecule has 0 heterocycles. The van der Waals surface area contributed by atoms with E-state index < -0.39 is 28.5 Å². The van der Waals surface area contributed by atoms with Crippen LogP contribution < -0.4 is 9.62 Å². The van der Waals surface area contributed by atoms with Crippen molar-refractivity contribution in [1.29, 1.82) is 0 Å². The molecule has 192 valence electrons. The number of anilines is 1. The molecule has 0 aliphatic carbocycles. The molecule has 2 aromatic rings. The molecule has 0 saturated carbocycles. The molecule has 35 heavy (non-hydrogen) atoms. The number of amides is 2. The average Bonchev–Trinajstić information content (AvgIpc) is 2.75. The van der Waals surface area contributed by atoms with Crippen molar-refractivity contribution in [2.75, 3.05) is 23.7 Å². The molecule has 0 aliphatic rings. The van der Waals surface area contributed by atoms with E-state index in [0.29, 0.717) is 22.2 Å². The van der Waals surface area contributed by atoms with Crippen LogP contribution in [0.25, 0.3) is 0 Å². The van der Waals surface area contributed by atoms with E-state index in [-0.39, 0.29) is 39.6 Å². The third-order valence-electron chi connectivity index (χ3n) is 5.03. The van der Waals surface area contributed by atoms with Crippen LogP contribution in [0, 0.1) is 0 Å². The summed E-state index contributed by atoms with van der Waals surface area (Å²) in [4.78, 5) is 27.7. The summed E-state index contributed by atoms with van der Waals surface area (Å²) in [5.41, 5.74) is 0.512. The first-order chi connectivity index (χ1) is 16.3. The third kappa shape index (κ3) is 7.78. The number of halogens is 5. The first-order valence-electron chi connectivity index (χ1n) is 10.4. The zero-order valence-corrected chi connectivity index (χ0v) is 23.7. The van der Waals surface area contributed by atoms with E-state index in [0.717, 1.165) is 10.6 Å². The summed E-state index contributed by atoms with van der Waals surface area (Å²) in [5, 5.41) is 3.59. The van der Waals surface area contributed by atoms with Crippen LogP contribution in [-0.4, -0.2) is 50.5 Å². The van der Waals surface area contributed by atoms with Crippen molar-refractivity contribution < 1.29 is 18.0 Å². The predicted octanol–water partition coefficient (Wildman–Crippen LogP) is 5.66. The Morgan fingerprint density at radius 2 is 1.57 bits per heavy atom. The van der Waals surface area contributed by atoms with Gasteiger partial charge in [-0.05, 0) is 43.2 Å². The highest BCUT2D eigenvalue weighted by molar-refractivity contribution is 7.92. The fourth-order valence-electron chi connectivity index (χ4n) is 3.34. The Morgan fingerprint density at radius 3 is 2.11 bits per heavy atom. The molecule has 0 aromatic heterocycles. The maximum Gasteiger partial charge on any atom is 0.244 e. The molecule has 0 saturated heterocycles. The van der Waals surface area contributed by atoms with Gasteiger partial charge >= 0.3 is 0 Å². The van der Waals surface area contributed by atoms with Gasteiger partial charge in [0.25, 0.3) is 0 Å². The van der Waals surface area contributed by atoms with E-state index in [4.69, 9.17) is 58.0 Å². The summed E-state index contributed by atoms with van der Waals surface area (Å²) in [7, 11) is -3.99. The van der Waals surface area contributed by atoms with Crippen molar-refractivity contribution in [1.82, 2.24) is 10.2 Å².